The number of halogens is 3. The van der Waals surface area contributed by atoms with Crippen molar-refractivity contribution in [3.05, 3.63) is 93.0 Å². The number of carboxylic acids is 1. The van der Waals surface area contributed by atoms with Crippen molar-refractivity contribution >= 4 is 50.8 Å². The van der Waals surface area contributed by atoms with Gasteiger partial charge in [-0.15, -0.1) is 0 Å². The van der Waals surface area contributed by atoms with Gasteiger partial charge in [-0.2, -0.15) is 0 Å². The Morgan fingerprint density at radius 2 is 1.51 bits per heavy atom. The number of rotatable bonds is 6. The first kappa shape index (κ1) is 30.7. The smallest absolute Gasteiger partial charge is 0.354 e. The van der Waals surface area contributed by atoms with E-state index in [1.54, 1.807) is 67.5 Å². The Kier molecular flexibility index (Phi) is 13.7. The summed E-state index contributed by atoms with van der Waals surface area (Å²) in [4.78, 5) is 15.2. The maximum Gasteiger partial charge on any atom is 0.354 e. The van der Waals surface area contributed by atoms with Crippen molar-refractivity contribution in [1.29, 1.82) is 0 Å². The van der Waals surface area contributed by atoms with Gasteiger partial charge >= 0.3 is 5.97 Å². The first-order valence-corrected chi connectivity index (χ1v) is 14.6. The van der Waals surface area contributed by atoms with Gasteiger partial charge in [0, 0.05) is 79.9 Å². The van der Waals surface area contributed by atoms with Crippen molar-refractivity contribution in [3.63, 3.8) is 0 Å². The number of ether oxygens (including phenoxy) is 1. The number of benzene rings is 2. The topological polar surface area (TPSA) is 93.6 Å². The SMILES string of the molecule is CS(C)=O.CS(C)=O.O=C(O)c1cccc(Cc2cc(Cl)ccc2OCc2ccc(Cl)cc2F)n1. The molecule has 0 saturated carbocycles. The summed E-state index contributed by atoms with van der Waals surface area (Å²) < 4.78 is 38.8. The second kappa shape index (κ2) is 15.6. The van der Waals surface area contributed by atoms with E-state index in [2.05, 4.69) is 4.98 Å². The van der Waals surface area contributed by atoms with Crippen LogP contribution in [0.2, 0.25) is 10.0 Å². The maximum absolute atomic E-state index is 13.9. The number of nitrogens with zero attached hydrogens (tertiary/aromatic N) is 1. The van der Waals surface area contributed by atoms with Crippen LogP contribution in [0.4, 0.5) is 4.39 Å². The molecule has 0 spiro atoms. The largest absolute Gasteiger partial charge is 0.489 e. The molecule has 3 rings (SSSR count). The van der Waals surface area contributed by atoms with Crippen molar-refractivity contribution in [2.75, 3.05) is 25.0 Å². The molecule has 0 aliphatic carbocycles. The number of aromatic carboxylic acids is 1. The predicted molar refractivity (Wildman–Crippen MR) is 141 cm³/mol. The van der Waals surface area contributed by atoms with Crippen LogP contribution in [0.25, 0.3) is 0 Å². The van der Waals surface area contributed by atoms with E-state index in [0.717, 1.165) is 0 Å². The zero-order valence-electron chi connectivity index (χ0n) is 19.6. The lowest BCUT2D eigenvalue weighted by Crippen LogP contribution is -2.05. The third-order valence-electron chi connectivity index (χ3n) is 3.82. The normalized spacial score (nSPS) is 10.2. The highest BCUT2D eigenvalue weighted by Gasteiger charge is 2.11. The molecule has 0 saturated heterocycles. The number of aromatic nitrogens is 1. The Morgan fingerprint density at radius 1 is 0.943 bits per heavy atom. The first-order chi connectivity index (χ1) is 16.4. The van der Waals surface area contributed by atoms with Crippen molar-refractivity contribution in [1.82, 2.24) is 4.98 Å². The van der Waals surface area contributed by atoms with Crippen LogP contribution in [0, 0.1) is 5.82 Å². The number of hydrogen-bond donors (Lipinski definition) is 1. The average molecular weight is 563 g/mol. The molecule has 1 N–H and O–H groups in total. The summed E-state index contributed by atoms with van der Waals surface area (Å²) in [7, 11) is -1.22. The van der Waals surface area contributed by atoms with Crippen molar-refractivity contribution in [2.45, 2.75) is 13.0 Å². The highest BCUT2D eigenvalue weighted by atomic mass is 35.5. The second-order valence-corrected chi connectivity index (χ2v) is 11.1. The summed E-state index contributed by atoms with van der Waals surface area (Å²) >= 11 is 11.8. The average Bonchev–Trinajstić information content (AvgIpc) is 2.74. The number of hydrogen-bond acceptors (Lipinski definition) is 5. The van der Waals surface area contributed by atoms with E-state index >= 15 is 0 Å². The van der Waals surface area contributed by atoms with Crippen molar-refractivity contribution < 1.29 is 27.4 Å². The fourth-order valence-corrected chi connectivity index (χ4v) is 2.87. The number of carbonyl (C=O) groups is 1. The fraction of sp³-hybridized carbons (Fsp3) is 0.250. The summed E-state index contributed by atoms with van der Waals surface area (Å²) in [5, 5.41) is 9.89. The van der Waals surface area contributed by atoms with Crippen molar-refractivity contribution in [3.8, 4) is 5.75 Å². The highest BCUT2D eigenvalue weighted by molar-refractivity contribution is 7.83. The van der Waals surface area contributed by atoms with Gasteiger partial charge in [0.25, 0.3) is 0 Å². The Morgan fingerprint density at radius 3 is 2.09 bits per heavy atom. The molecule has 190 valence electrons. The first-order valence-electron chi connectivity index (χ1n) is 9.93. The zero-order chi connectivity index (χ0) is 26.5. The molecule has 0 atom stereocenters. The Bertz CT molecular complexity index is 1170. The minimum absolute atomic E-state index is 0.0141. The number of carboxylic acid groups (broad SMARTS) is 1. The van der Waals surface area contributed by atoms with E-state index in [9.17, 15) is 17.6 Å². The zero-order valence-corrected chi connectivity index (χ0v) is 22.7. The van der Waals surface area contributed by atoms with E-state index in [0.29, 0.717) is 39.0 Å². The molecule has 0 radical (unpaired) electrons. The summed E-state index contributed by atoms with van der Waals surface area (Å²) in [5.74, 6) is -1.04. The Labute approximate surface area is 219 Å². The molecule has 0 aliphatic heterocycles. The molecule has 0 fully saturated rings. The number of pyridine rings is 1. The molecule has 35 heavy (non-hydrogen) atoms. The predicted octanol–water partition coefficient (Wildman–Crippen LogP) is 5.38. The summed E-state index contributed by atoms with van der Waals surface area (Å²) in [6.45, 7) is 0.0141. The van der Waals surface area contributed by atoms with E-state index in [1.165, 1.54) is 12.1 Å². The molecule has 0 amide bonds. The van der Waals surface area contributed by atoms with Crippen LogP contribution in [-0.4, -0.2) is 49.5 Å². The monoisotopic (exact) mass is 561 g/mol. The molecule has 11 heteroatoms. The quantitative estimate of drug-likeness (QED) is 0.434. The van der Waals surface area contributed by atoms with Gasteiger partial charge in [0.05, 0.1) is 0 Å². The van der Waals surface area contributed by atoms with Gasteiger partial charge in [0.2, 0.25) is 0 Å². The van der Waals surface area contributed by atoms with Crippen LogP contribution in [0.5, 0.6) is 5.75 Å². The Hall–Kier alpha value is -2.33. The van der Waals surface area contributed by atoms with Gasteiger partial charge in [-0.3, -0.25) is 8.42 Å². The Balaban J connectivity index is 0.000000668. The molecular formula is C24H26Cl2FNO5S2. The summed E-state index contributed by atoms with van der Waals surface area (Å²) in [5.41, 5.74) is 1.60. The highest BCUT2D eigenvalue weighted by Crippen LogP contribution is 2.26. The van der Waals surface area contributed by atoms with Crippen LogP contribution < -0.4 is 4.74 Å². The molecule has 2 aromatic carbocycles. The fourth-order valence-electron chi connectivity index (χ4n) is 2.51. The molecule has 0 bridgehead atoms. The molecular weight excluding hydrogens is 536 g/mol. The molecule has 6 nitrogen and oxygen atoms in total. The summed E-state index contributed by atoms with van der Waals surface area (Å²) in [6, 6.07) is 14.2. The van der Waals surface area contributed by atoms with Crippen LogP contribution in [0.1, 0.15) is 27.3 Å². The third-order valence-corrected chi connectivity index (χ3v) is 4.29. The van der Waals surface area contributed by atoms with Crippen molar-refractivity contribution in [2.24, 2.45) is 0 Å². The molecule has 1 aromatic heterocycles. The lowest BCUT2D eigenvalue weighted by atomic mass is 10.1. The minimum Gasteiger partial charge on any atom is -0.489 e. The van der Waals surface area contributed by atoms with Crippen LogP contribution >= 0.6 is 23.2 Å². The molecule has 0 aliphatic rings. The van der Waals surface area contributed by atoms with E-state index < -0.39 is 33.4 Å². The van der Waals surface area contributed by atoms with Gasteiger partial charge in [-0.05, 0) is 42.5 Å². The summed E-state index contributed by atoms with van der Waals surface area (Å²) in [6.07, 6.45) is 6.88. The van der Waals surface area contributed by atoms with Crippen LogP contribution in [-0.2, 0) is 34.6 Å². The molecule has 3 aromatic rings. The van der Waals surface area contributed by atoms with Gasteiger partial charge in [0.15, 0.2) is 0 Å². The van der Waals surface area contributed by atoms with Gasteiger partial charge in [-0.25, -0.2) is 14.2 Å². The lowest BCUT2D eigenvalue weighted by Gasteiger charge is -2.13. The lowest BCUT2D eigenvalue weighted by molar-refractivity contribution is 0.0690. The van der Waals surface area contributed by atoms with Gasteiger partial charge in [-0.1, -0.05) is 35.3 Å². The minimum atomic E-state index is -1.10. The van der Waals surface area contributed by atoms with E-state index in [1.807, 2.05) is 0 Å². The van der Waals surface area contributed by atoms with E-state index in [-0.39, 0.29) is 12.3 Å². The van der Waals surface area contributed by atoms with Crippen LogP contribution in [0.15, 0.2) is 54.6 Å². The molecule has 0 unspecified atom stereocenters. The van der Waals surface area contributed by atoms with Gasteiger partial charge < -0.3 is 9.84 Å². The van der Waals surface area contributed by atoms with E-state index in [4.69, 9.17) is 33.0 Å². The standard InChI is InChI=1S/C20H14Cl2FNO3.2C2H6OS/c21-14-6-7-19(27-11-12-4-5-15(22)10-17(12)23)13(8-14)9-16-2-1-3-18(24-16)20(25)26;2*1-4(2)3/h1-8,10H,9,11H2,(H,25,26);2*1-2H3. The third kappa shape index (κ3) is 12.8. The van der Waals surface area contributed by atoms with Crippen LogP contribution in [0.3, 0.4) is 0 Å². The van der Waals surface area contributed by atoms with Gasteiger partial charge in [0.1, 0.15) is 23.9 Å². The molecule has 1 heterocycles. The maximum atomic E-state index is 13.9. The second-order valence-electron chi connectivity index (χ2n) is 7.26.